The summed E-state index contributed by atoms with van der Waals surface area (Å²) in [6, 6.07) is 13.1. The predicted octanol–water partition coefficient (Wildman–Crippen LogP) is 4.63. The highest BCUT2D eigenvalue weighted by molar-refractivity contribution is 7.92. The van der Waals surface area contributed by atoms with Gasteiger partial charge in [0.15, 0.2) is 0 Å². The van der Waals surface area contributed by atoms with E-state index in [0.717, 1.165) is 47.9 Å². The fourth-order valence-electron chi connectivity index (χ4n) is 4.85. The van der Waals surface area contributed by atoms with Crippen LogP contribution in [0.15, 0.2) is 42.5 Å². The number of nitrogens with one attached hydrogen (secondary N) is 1. The molecule has 2 amide bonds. The van der Waals surface area contributed by atoms with Crippen molar-refractivity contribution in [3.8, 4) is 0 Å². The molecule has 1 saturated carbocycles. The number of hydrogen-bond donors (Lipinski definition) is 1. The van der Waals surface area contributed by atoms with Crippen molar-refractivity contribution in [1.29, 1.82) is 0 Å². The Hall–Kier alpha value is -2.87. The van der Waals surface area contributed by atoms with Gasteiger partial charge in [-0.1, -0.05) is 54.8 Å². The van der Waals surface area contributed by atoms with Crippen molar-refractivity contribution in [2.45, 2.75) is 84.8 Å². The average Bonchev–Trinajstić information content (AvgIpc) is 3.35. The molecule has 1 unspecified atom stereocenters. The van der Waals surface area contributed by atoms with Gasteiger partial charge in [0, 0.05) is 25.6 Å². The van der Waals surface area contributed by atoms with Gasteiger partial charge in [-0.15, -0.1) is 0 Å². The van der Waals surface area contributed by atoms with Crippen LogP contribution in [0, 0.1) is 20.8 Å². The monoisotopic (exact) mass is 527 g/mol. The Labute approximate surface area is 222 Å². The van der Waals surface area contributed by atoms with Crippen molar-refractivity contribution >= 4 is 27.5 Å². The minimum Gasteiger partial charge on any atom is -0.352 e. The number of sulfonamides is 1. The van der Waals surface area contributed by atoms with Crippen molar-refractivity contribution in [3.63, 3.8) is 0 Å². The fraction of sp³-hybridized carbons (Fsp3) is 0.517. The molecule has 0 aromatic heterocycles. The first-order valence-corrected chi connectivity index (χ1v) is 15.0. The number of rotatable bonds is 11. The highest BCUT2D eigenvalue weighted by Gasteiger charge is 2.29. The molecule has 0 bridgehead atoms. The van der Waals surface area contributed by atoms with Crippen LogP contribution in [0.4, 0.5) is 5.69 Å². The van der Waals surface area contributed by atoms with E-state index in [1.807, 2.05) is 57.2 Å². The molecule has 0 radical (unpaired) electrons. The van der Waals surface area contributed by atoms with Gasteiger partial charge in [-0.3, -0.25) is 13.9 Å². The number of amides is 2. The molecular formula is C29H41N3O4S. The summed E-state index contributed by atoms with van der Waals surface area (Å²) in [7, 11) is -3.53. The van der Waals surface area contributed by atoms with Crippen molar-refractivity contribution in [2.24, 2.45) is 0 Å². The van der Waals surface area contributed by atoms with E-state index in [0.29, 0.717) is 18.7 Å². The van der Waals surface area contributed by atoms with E-state index in [4.69, 9.17) is 0 Å². The first-order chi connectivity index (χ1) is 17.5. The first-order valence-electron chi connectivity index (χ1n) is 13.2. The highest BCUT2D eigenvalue weighted by atomic mass is 32.2. The number of aryl methyl sites for hydroxylation is 2. The van der Waals surface area contributed by atoms with E-state index in [1.165, 1.54) is 10.6 Å². The molecule has 0 aliphatic heterocycles. The van der Waals surface area contributed by atoms with E-state index < -0.39 is 16.1 Å². The maximum atomic E-state index is 13.5. The lowest BCUT2D eigenvalue weighted by molar-refractivity contribution is -0.141. The molecule has 1 aliphatic carbocycles. The standard InChI is InChI=1S/C29H41N3O4S/c1-21-15-17-25(18-16-21)20-31(24(4)29(34)30-26-11-6-7-12-26)28(33)14-9-19-32(37(5,35)36)27-13-8-10-22(2)23(27)3/h8,10,13,15-18,24,26H,6-7,9,11-12,14,19-20H2,1-5H3,(H,30,34). The van der Waals surface area contributed by atoms with Crippen LogP contribution in [0.1, 0.15) is 67.7 Å². The van der Waals surface area contributed by atoms with Gasteiger partial charge < -0.3 is 10.2 Å². The van der Waals surface area contributed by atoms with Crippen LogP contribution in [-0.2, 0) is 26.2 Å². The molecular weight excluding hydrogens is 486 g/mol. The number of benzene rings is 2. The Morgan fingerprint density at radius 1 is 1.03 bits per heavy atom. The first kappa shape index (κ1) is 28.7. The molecule has 3 rings (SSSR count). The number of carbonyl (C=O) groups excluding carboxylic acids is 2. The van der Waals surface area contributed by atoms with E-state index in [1.54, 1.807) is 17.9 Å². The molecule has 2 aromatic rings. The molecule has 1 N–H and O–H groups in total. The summed E-state index contributed by atoms with van der Waals surface area (Å²) in [6.45, 7) is 8.15. The Balaban J connectivity index is 1.73. The number of hydrogen-bond acceptors (Lipinski definition) is 4. The quantitative estimate of drug-likeness (QED) is 0.461. The van der Waals surface area contributed by atoms with Gasteiger partial charge in [0.25, 0.3) is 0 Å². The van der Waals surface area contributed by atoms with Gasteiger partial charge in [-0.25, -0.2) is 8.42 Å². The Kier molecular flexibility index (Phi) is 9.76. The summed E-state index contributed by atoms with van der Waals surface area (Å²) in [4.78, 5) is 28.2. The van der Waals surface area contributed by atoms with E-state index in [2.05, 4.69) is 5.32 Å². The SMILES string of the molecule is Cc1ccc(CN(C(=O)CCCN(c2cccc(C)c2C)S(C)(=O)=O)C(C)C(=O)NC2CCCC2)cc1. The van der Waals surface area contributed by atoms with E-state index in [-0.39, 0.29) is 30.8 Å². The summed E-state index contributed by atoms with van der Waals surface area (Å²) in [5.74, 6) is -0.301. The lowest BCUT2D eigenvalue weighted by Crippen LogP contribution is -2.49. The fourth-order valence-corrected chi connectivity index (χ4v) is 5.87. The van der Waals surface area contributed by atoms with Crippen LogP contribution in [0.25, 0.3) is 0 Å². The Bertz CT molecular complexity index is 1190. The summed E-state index contributed by atoms with van der Waals surface area (Å²) in [5, 5.41) is 3.12. The molecule has 202 valence electrons. The van der Waals surface area contributed by atoms with Crippen LogP contribution in [0.5, 0.6) is 0 Å². The van der Waals surface area contributed by atoms with Crippen molar-refractivity contribution in [2.75, 3.05) is 17.1 Å². The highest BCUT2D eigenvalue weighted by Crippen LogP contribution is 2.26. The number of nitrogens with zero attached hydrogens (tertiary/aromatic N) is 2. The minimum atomic E-state index is -3.53. The van der Waals surface area contributed by atoms with Crippen LogP contribution in [-0.4, -0.2) is 50.0 Å². The van der Waals surface area contributed by atoms with Crippen molar-refractivity contribution < 1.29 is 18.0 Å². The van der Waals surface area contributed by atoms with Gasteiger partial charge in [0.05, 0.1) is 11.9 Å². The van der Waals surface area contributed by atoms with Gasteiger partial charge in [-0.05, 0) is 69.7 Å². The average molecular weight is 528 g/mol. The zero-order valence-electron chi connectivity index (χ0n) is 22.8. The third-order valence-corrected chi connectivity index (χ3v) is 8.52. The topological polar surface area (TPSA) is 86.8 Å². The van der Waals surface area contributed by atoms with Crippen LogP contribution < -0.4 is 9.62 Å². The van der Waals surface area contributed by atoms with E-state index >= 15 is 0 Å². The summed E-state index contributed by atoms with van der Waals surface area (Å²) in [6.07, 6.45) is 5.86. The van der Waals surface area contributed by atoms with Crippen LogP contribution >= 0.6 is 0 Å². The molecule has 1 atom stereocenters. The normalized spacial score (nSPS) is 14.8. The second-order valence-corrected chi connectivity index (χ2v) is 12.2. The van der Waals surface area contributed by atoms with Gasteiger partial charge in [-0.2, -0.15) is 0 Å². The summed E-state index contributed by atoms with van der Waals surface area (Å²) < 4.78 is 26.6. The summed E-state index contributed by atoms with van der Waals surface area (Å²) >= 11 is 0. The largest absolute Gasteiger partial charge is 0.352 e. The summed E-state index contributed by atoms with van der Waals surface area (Å²) in [5.41, 5.74) is 4.62. The molecule has 7 nitrogen and oxygen atoms in total. The van der Waals surface area contributed by atoms with Gasteiger partial charge >= 0.3 is 0 Å². The van der Waals surface area contributed by atoms with Crippen molar-refractivity contribution in [3.05, 3.63) is 64.7 Å². The maximum absolute atomic E-state index is 13.5. The van der Waals surface area contributed by atoms with Crippen LogP contribution in [0.3, 0.4) is 0 Å². The third kappa shape index (κ3) is 7.81. The Morgan fingerprint density at radius 3 is 2.30 bits per heavy atom. The second-order valence-electron chi connectivity index (χ2n) is 10.3. The zero-order valence-corrected chi connectivity index (χ0v) is 23.6. The molecule has 0 saturated heterocycles. The number of carbonyl (C=O) groups is 2. The van der Waals surface area contributed by atoms with Gasteiger partial charge in [0.1, 0.15) is 6.04 Å². The number of anilines is 1. The van der Waals surface area contributed by atoms with E-state index in [9.17, 15) is 18.0 Å². The molecule has 1 aliphatic rings. The Morgan fingerprint density at radius 2 is 1.68 bits per heavy atom. The molecule has 8 heteroatoms. The molecule has 2 aromatic carbocycles. The second kappa shape index (κ2) is 12.6. The predicted molar refractivity (Wildman–Crippen MR) is 149 cm³/mol. The molecule has 37 heavy (non-hydrogen) atoms. The smallest absolute Gasteiger partial charge is 0.242 e. The minimum absolute atomic E-state index is 0.138. The third-order valence-electron chi connectivity index (χ3n) is 7.34. The molecule has 0 heterocycles. The van der Waals surface area contributed by atoms with Gasteiger partial charge in [0.2, 0.25) is 21.8 Å². The zero-order chi connectivity index (χ0) is 27.2. The molecule has 0 spiro atoms. The molecule has 1 fully saturated rings. The van der Waals surface area contributed by atoms with Crippen LogP contribution in [0.2, 0.25) is 0 Å². The van der Waals surface area contributed by atoms with Crippen molar-refractivity contribution in [1.82, 2.24) is 10.2 Å². The lowest BCUT2D eigenvalue weighted by Gasteiger charge is -2.30. The maximum Gasteiger partial charge on any atom is 0.242 e. The lowest BCUT2D eigenvalue weighted by atomic mass is 10.1.